The van der Waals surface area contributed by atoms with Crippen molar-refractivity contribution in [2.24, 2.45) is 0 Å². The zero-order chi connectivity index (χ0) is 14.7. The lowest BCUT2D eigenvalue weighted by atomic mass is 10.2. The van der Waals surface area contributed by atoms with Crippen molar-refractivity contribution >= 4 is 38.1 Å². The number of aromatic nitrogens is 1. The summed E-state index contributed by atoms with van der Waals surface area (Å²) in [7, 11) is 5.61. The van der Waals surface area contributed by atoms with E-state index in [4.69, 9.17) is 4.74 Å². The van der Waals surface area contributed by atoms with Gasteiger partial charge >= 0.3 is 0 Å². The second-order valence-corrected chi connectivity index (χ2v) is 6.58. The molecule has 108 valence electrons. The molecule has 0 atom stereocenters. The molecule has 0 radical (unpaired) electrons. The minimum atomic E-state index is 0.690. The van der Waals surface area contributed by atoms with Crippen LogP contribution >= 0.6 is 27.3 Å². The van der Waals surface area contributed by atoms with Crippen LogP contribution in [0.4, 0.5) is 10.8 Å². The first-order valence-electron chi connectivity index (χ1n) is 6.22. The van der Waals surface area contributed by atoms with Crippen LogP contribution in [0.3, 0.4) is 0 Å². The molecule has 1 N–H and O–H groups in total. The topological polar surface area (TPSA) is 37.4 Å². The highest BCUT2D eigenvalue weighted by Crippen LogP contribution is 2.32. The Bertz CT molecular complexity index is 598. The molecule has 6 heteroatoms. The summed E-state index contributed by atoms with van der Waals surface area (Å²) < 4.78 is 6.39. The van der Waals surface area contributed by atoms with Gasteiger partial charge in [0.1, 0.15) is 0 Å². The molecule has 20 heavy (non-hydrogen) atoms. The molecule has 0 saturated carbocycles. The molecule has 0 aliphatic heterocycles. The second-order valence-electron chi connectivity index (χ2n) is 4.66. The van der Waals surface area contributed by atoms with Gasteiger partial charge in [0.15, 0.2) is 5.13 Å². The van der Waals surface area contributed by atoms with Gasteiger partial charge < -0.3 is 15.0 Å². The third kappa shape index (κ3) is 3.43. The van der Waals surface area contributed by atoms with Gasteiger partial charge in [-0.2, -0.15) is 4.98 Å². The summed E-state index contributed by atoms with van der Waals surface area (Å²) in [5.74, 6) is 0.690. The molecule has 0 amide bonds. The van der Waals surface area contributed by atoms with Gasteiger partial charge in [0.25, 0.3) is 0 Å². The fourth-order valence-electron chi connectivity index (χ4n) is 1.74. The number of halogens is 1. The van der Waals surface area contributed by atoms with E-state index in [2.05, 4.69) is 45.3 Å². The van der Waals surface area contributed by atoms with Crippen LogP contribution in [0.2, 0.25) is 0 Å². The molecular weight excluding hydrogens is 338 g/mol. The molecule has 0 unspecified atom stereocenters. The normalized spacial score (nSPS) is 10.4. The van der Waals surface area contributed by atoms with E-state index in [1.54, 1.807) is 18.4 Å². The Kier molecular flexibility index (Phi) is 4.88. The Hall–Kier alpha value is -1.27. The number of ether oxygens (including phenoxy) is 1. The number of rotatable bonds is 5. The monoisotopic (exact) mass is 355 g/mol. The minimum absolute atomic E-state index is 0.690. The highest BCUT2D eigenvalue weighted by Gasteiger charge is 2.13. The molecule has 0 spiro atoms. The van der Waals surface area contributed by atoms with Crippen LogP contribution in [0.25, 0.3) is 0 Å². The van der Waals surface area contributed by atoms with E-state index >= 15 is 0 Å². The van der Waals surface area contributed by atoms with Crippen molar-refractivity contribution in [1.29, 1.82) is 0 Å². The van der Waals surface area contributed by atoms with Crippen molar-refractivity contribution < 1.29 is 4.74 Å². The van der Waals surface area contributed by atoms with E-state index in [1.165, 1.54) is 5.56 Å². The van der Waals surface area contributed by atoms with Crippen molar-refractivity contribution in [2.75, 3.05) is 31.4 Å². The molecular formula is C14H18BrN3OS. The molecule has 0 fully saturated rings. The van der Waals surface area contributed by atoms with Gasteiger partial charge in [-0.25, -0.2) is 0 Å². The lowest BCUT2D eigenvalue weighted by Crippen LogP contribution is -2.07. The second kappa shape index (κ2) is 6.45. The lowest BCUT2D eigenvalue weighted by Gasteiger charge is -2.09. The van der Waals surface area contributed by atoms with Gasteiger partial charge in [-0.05, 0) is 40.5 Å². The van der Waals surface area contributed by atoms with Gasteiger partial charge in [0, 0.05) is 24.3 Å². The molecule has 0 aliphatic carbocycles. The minimum Gasteiger partial charge on any atom is -0.480 e. The van der Waals surface area contributed by atoms with Crippen LogP contribution in [-0.4, -0.2) is 26.2 Å². The van der Waals surface area contributed by atoms with E-state index in [9.17, 15) is 0 Å². The van der Waals surface area contributed by atoms with E-state index in [0.29, 0.717) is 12.4 Å². The van der Waals surface area contributed by atoms with Crippen LogP contribution in [-0.2, 0) is 6.54 Å². The summed E-state index contributed by atoms with van der Waals surface area (Å²) in [6.45, 7) is 2.77. The number of nitrogens with one attached hydrogen (secondary N) is 1. The summed E-state index contributed by atoms with van der Waals surface area (Å²) in [5, 5.41) is 4.37. The standard InChI is InChI=1S/C14H18BrN3OS/c1-9-5-6-10(15)11(7-9)16-8-12-13(19-4)17-14(20-12)18(2)3/h5-7,16H,8H2,1-4H3. The smallest absolute Gasteiger partial charge is 0.231 e. The van der Waals surface area contributed by atoms with Crippen molar-refractivity contribution in [2.45, 2.75) is 13.5 Å². The highest BCUT2D eigenvalue weighted by molar-refractivity contribution is 9.10. The number of nitrogens with zero attached hydrogens (tertiary/aromatic N) is 2. The molecule has 1 heterocycles. The molecule has 0 saturated heterocycles. The van der Waals surface area contributed by atoms with E-state index in [1.807, 2.05) is 25.1 Å². The summed E-state index contributed by atoms with van der Waals surface area (Å²) >= 11 is 5.19. The summed E-state index contributed by atoms with van der Waals surface area (Å²) in [4.78, 5) is 7.52. The third-order valence-corrected chi connectivity index (χ3v) is 4.68. The first-order chi connectivity index (χ1) is 9.51. The number of anilines is 2. The fourth-order valence-corrected chi connectivity index (χ4v) is 3.02. The Morgan fingerprint density at radius 3 is 2.80 bits per heavy atom. The predicted octanol–water partition coefficient (Wildman–Crippen LogP) is 3.90. The van der Waals surface area contributed by atoms with Gasteiger partial charge in [-0.3, -0.25) is 0 Å². The molecule has 1 aromatic carbocycles. The molecule has 2 aromatic rings. The highest BCUT2D eigenvalue weighted by atomic mass is 79.9. The first kappa shape index (κ1) is 15.1. The van der Waals surface area contributed by atoms with Crippen LogP contribution in [0.5, 0.6) is 5.88 Å². The van der Waals surface area contributed by atoms with Gasteiger partial charge in [0.2, 0.25) is 5.88 Å². The number of aryl methyl sites for hydroxylation is 1. The molecule has 0 aliphatic rings. The largest absolute Gasteiger partial charge is 0.480 e. The zero-order valence-corrected chi connectivity index (χ0v) is 14.4. The number of thiazole rings is 1. The first-order valence-corrected chi connectivity index (χ1v) is 7.83. The maximum absolute atomic E-state index is 5.34. The maximum atomic E-state index is 5.34. The number of hydrogen-bond acceptors (Lipinski definition) is 5. The number of hydrogen-bond donors (Lipinski definition) is 1. The molecule has 1 aromatic heterocycles. The van der Waals surface area contributed by atoms with E-state index < -0.39 is 0 Å². The van der Waals surface area contributed by atoms with Gasteiger partial charge in [-0.15, -0.1) is 0 Å². The van der Waals surface area contributed by atoms with Crippen molar-refractivity contribution in [3.05, 3.63) is 33.1 Å². The van der Waals surface area contributed by atoms with Crippen LogP contribution in [0.15, 0.2) is 22.7 Å². The van der Waals surface area contributed by atoms with Crippen molar-refractivity contribution in [3.63, 3.8) is 0 Å². The summed E-state index contributed by atoms with van der Waals surface area (Å²) in [6, 6.07) is 6.24. The SMILES string of the molecule is COc1nc(N(C)C)sc1CNc1cc(C)ccc1Br. The van der Waals surface area contributed by atoms with Crippen molar-refractivity contribution in [1.82, 2.24) is 4.98 Å². The Morgan fingerprint density at radius 2 is 2.15 bits per heavy atom. The van der Waals surface area contributed by atoms with Gasteiger partial charge in [0.05, 0.1) is 18.5 Å². The molecule has 2 rings (SSSR count). The van der Waals surface area contributed by atoms with Crippen LogP contribution in [0.1, 0.15) is 10.4 Å². The fraction of sp³-hybridized carbons (Fsp3) is 0.357. The zero-order valence-electron chi connectivity index (χ0n) is 12.0. The Morgan fingerprint density at radius 1 is 1.40 bits per heavy atom. The summed E-state index contributed by atoms with van der Waals surface area (Å²) in [5.41, 5.74) is 2.30. The average Bonchev–Trinajstić information content (AvgIpc) is 2.83. The summed E-state index contributed by atoms with van der Waals surface area (Å²) in [6.07, 6.45) is 0. The van der Waals surface area contributed by atoms with Gasteiger partial charge in [-0.1, -0.05) is 17.4 Å². The number of methoxy groups -OCH3 is 1. The third-order valence-electron chi connectivity index (χ3n) is 2.79. The van der Waals surface area contributed by atoms with E-state index in [-0.39, 0.29) is 0 Å². The maximum Gasteiger partial charge on any atom is 0.231 e. The predicted molar refractivity (Wildman–Crippen MR) is 89.2 cm³/mol. The van der Waals surface area contributed by atoms with E-state index in [0.717, 1.165) is 20.2 Å². The lowest BCUT2D eigenvalue weighted by molar-refractivity contribution is 0.397. The Balaban J connectivity index is 2.16. The van der Waals surface area contributed by atoms with Crippen LogP contribution < -0.4 is 15.0 Å². The molecule has 0 bridgehead atoms. The van der Waals surface area contributed by atoms with Crippen molar-refractivity contribution in [3.8, 4) is 5.88 Å². The quantitative estimate of drug-likeness (QED) is 0.882. The molecule has 4 nitrogen and oxygen atoms in total. The van der Waals surface area contributed by atoms with Crippen LogP contribution in [0, 0.1) is 6.92 Å². The number of benzene rings is 1. The Labute approximate surface area is 131 Å². The average molecular weight is 356 g/mol.